The molecule has 17 heavy (non-hydrogen) atoms. The third-order valence-corrected chi connectivity index (χ3v) is 3.71. The predicted molar refractivity (Wildman–Crippen MR) is 78.6 cm³/mol. The minimum atomic E-state index is 0.429. The quantitative estimate of drug-likeness (QED) is 0.558. The Morgan fingerprint density at radius 1 is 1.06 bits per heavy atom. The lowest BCUT2D eigenvalue weighted by molar-refractivity contribution is 0.159. The van der Waals surface area contributed by atoms with E-state index in [-0.39, 0.29) is 0 Å². The molecule has 2 nitrogen and oxygen atoms in total. The van der Waals surface area contributed by atoms with Crippen molar-refractivity contribution in [1.82, 2.24) is 10.2 Å². The molecule has 1 atom stereocenters. The molecule has 0 aliphatic rings. The van der Waals surface area contributed by atoms with Crippen molar-refractivity contribution in [3.8, 4) is 0 Å². The Morgan fingerprint density at radius 2 is 1.76 bits per heavy atom. The molecule has 0 saturated carbocycles. The highest BCUT2D eigenvalue weighted by Crippen LogP contribution is 2.21. The first kappa shape index (κ1) is 16.9. The Morgan fingerprint density at radius 3 is 2.24 bits per heavy atom. The van der Waals surface area contributed by atoms with Crippen molar-refractivity contribution < 1.29 is 0 Å². The Labute approximate surface area is 109 Å². The van der Waals surface area contributed by atoms with Gasteiger partial charge in [-0.25, -0.2) is 0 Å². The monoisotopic (exact) mass is 242 g/mol. The molecular weight excluding hydrogens is 208 g/mol. The third kappa shape index (κ3) is 7.77. The molecule has 0 aliphatic heterocycles. The fourth-order valence-electron chi connectivity index (χ4n) is 2.13. The highest BCUT2D eigenvalue weighted by Gasteiger charge is 2.24. The highest BCUT2D eigenvalue weighted by atomic mass is 15.1. The molecule has 0 radical (unpaired) electrons. The molecule has 0 aliphatic carbocycles. The third-order valence-electron chi connectivity index (χ3n) is 3.71. The van der Waals surface area contributed by atoms with Crippen molar-refractivity contribution in [3.05, 3.63) is 0 Å². The van der Waals surface area contributed by atoms with Gasteiger partial charge in [0, 0.05) is 13.1 Å². The second-order valence-electron chi connectivity index (χ2n) is 5.56. The van der Waals surface area contributed by atoms with Gasteiger partial charge in [-0.15, -0.1) is 0 Å². The van der Waals surface area contributed by atoms with E-state index in [1.165, 1.54) is 45.3 Å². The van der Waals surface area contributed by atoms with Gasteiger partial charge in [0.05, 0.1) is 0 Å². The summed E-state index contributed by atoms with van der Waals surface area (Å²) in [7, 11) is 0. The first-order valence-corrected chi connectivity index (χ1v) is 7.54. The molecule has 0 rings (SSSR count). The van der Waals surface area contributed by atoms with Gasteiger partial charge in [-0.1, -0.05) is 41.0 Å². The van der Waals surface area contributed by atoms with Crippen molar-refractivity contribution in [3.63, 3.8) is 0 Å². The molecule has 0 aromatic carbocycles. The van der Waals surface area contributed by atoms with E-state index in [1.54, 1.807) is 0 Å². The smallest absolute Gasteiger partial charge is 0.00473 e. The van der Waals surface area contributed by atoms with E-state index in [2.05, 4.69) is 44.8 Å². The van der Waals surface area contributed by atoms with Gasteiger partial charge in [-0.2, -0.15) is 0 Å². The van der Waals surface area contributed by atoms with Crippen LogP contribution in [0, 0.1) is 5.41 Å². The summed E-state index contributed by atoms with van der Waals surface area (Å²) in [5.74, 6) is 0. The maximum atomic E-state index is 3.59. The van der Waals surface area contributed by atoms with Crippen LogP contribution in [0.25, 0.3) is 0 Å². The van der Waals surface area contributed by atoms with Crippen LogP contribution in [-0.2, 0) is 0 Å². The van der Waals surface area contributed by atoms with Gasteiger partial charge in [-0.05, 0) is 44.3 Å². The predicted octanol–water partition coefficient (Wildman–Crippen LogP) is 3.52. The number of rotatable bonds is 11. The van der Waals surface area contributed by atoms with E-state index in [0.29, 0.717) is 5.41 Å². The summed E-state index contributed by atoms with van der Waals surface area (Å²) in [6, 6.07) is 0. The molecule has 0 spiro atoms. The van der Waals surface area contributed by atoms with Gasteiger partial charge in [0.2, 0.25) is 0 Å². The second-order valence-corrected chi connectivity index (χ2v) is 5.56. The van der Waals surface area contributed by atoms with Crippen LogP contribution in [0.3, 0.4) is 0 Å². The number of nitrogens with one attached hydrogen (secondary N) is 1. The molecule has 0 aromatic heterocycles. The van der Waals surface area contributed by atoms with Crippen LogP contribution in [-0.4, -0.2) is 37.6 Å². The highest BCUT2D eigenvalue weighted by molar-refractivity contribution is 4.79. The van der Waals surface area contributed by atoms with Gasteiger partial charge < -0.3 is 10.2 Å². The Hall–Kier alpha value is -0.0800. The van der Waals surface area contributed by atoms with E-state index in [0.717, 1.165) is 13.1 Å². The summed E-state index contributed by atoms with van der Waals surface area (Å²) in [6.07, 6.45) is 5.11. The maximum Gasteiger partial charge on any atom is 0.00473 e. The summed E-state index contributed by atoms with van der Waals surface area (Å²) in [6.45, 7) is 17.5. The van der Waals surface area contributed by atoms with Crippen LogP contribution in [0.5, 0.6) is 0 Å². The molecule has 0 aromatic rings. The minimum absolute atomic E-state index is 0.429. The molecule has 0 bridgehead atoms. The average molecular weight is 242 g/mol. The lowest BCUT2D eigenvalue weighted by Crippen LogP contribution is -2.42. The second kappa shape index (κ2) is 9.90. The van der Waals surface area contributed by atoms with Gasteiger partial charge in [0.15, 0.2) is 0 Å². The lowest BCUT2D eigenvalue weighted by atomic mass is 9.86. The van der Waals surface area contributed by atoms with Gasteiger partial charge in [-0.3, -0.25) is 0 Å². The van der Waals surface area contributed by atoms with Gasteiger partial charge >= 0.3 is 0 Å². The number of hydrogen-bond acceptors (Lipinski definition) is 2. The number of unbranched alkanes of at least 4 members (excludes halogenated alkanes) is 1. The summed E-state index contributed by atoms with van der Waals surface area (Å²) in [5, 5.41) is 3.59. The SMILES string of the molecule is CCCCN(CC)CC(C)(CC)CNCCC. The Bertz CT molecular complexity index is 170. The van der Waals surface area contributed by atoms with E-state index >= 15 is 0 Å². The van der Waals surface area contributed by atoms with E-state index in [1.807, 2.05) is 0 Å². The standard InChI is InChI=1S/C15H34N2/c1-6-10-12-17(9-4)14-15(5,8-3)13-16-11-7-2/h16H,6-14H2,1-5H3. The Balaban J connectivity index is 4.11. The van der Waals surface area contributed by atoms with E-state index in [4.69, 9.17) is 0 Å². The average Bonchev–Trinajstić information content (AvgIpc) is 2.35. The summed E-state index contributed by atoms with van der Waals surface area (Å²) in [5.41, 5.74) is 0.429. The van der Waals surface area contributed by atoms with Gasteiger partial charge in [0.25, 0.3) is 0 Å². The first-order chi connectivity index (χ1) is 8.11. The van der Waals surface area contributed by atoms with Crippen LogP contribution in [0.1, 0.15) is 60.3 Å². The molecule has 0 fully saturated rings. The van der Waals surface area contributed by atoms with E-state index < -0.39 is 0 Å². The lowest BCUT2D eigenvalue weighted by Gasteiger charge is -2.35. The molecule has 0 amide bonds. The summed E-state index contributed by atoms with van der Waals surface area (Å²) >= 11 is 0. The molecule has 2 heteroatoms. The molecule has 104 valence electrons. The van der Waals surface area contributed by atoms with Crippen molar-refractivity contribution in [1.29, 1.82) is 0 Å². The van der Waals surface area contributed by atoms with Crippen molar-refractivity contribution in [2.24, 2.45) is 5.41 Å². The normalized spacial score (nSPS) is 15.2. The summed E-state index contributed by atoms with van der Waals surface area (Å²) < 4.78 is 0. The van der Waals surface area contributed by atoms with Crippen LogP contribution in [0.15, 0.2) is 0 Å². The van der Waals surface area contributed by atoms with Crippen molar-refractivity contribution in [2.45, 2.75) is 60.3 Å². The summed E-state index contributed by atoms with van der Waals surface area (Å²) in [4.78, 5) is 2.61. The zero-order valence-electron chi connectivity index (χ0n) is 12.8. The zero-order chi connectivity index (χ0) is 13.1. The Kier molecular flexibility index (Phi) is 9.85. The fourth-order valence-corrected chi connectivity index (χ4v) is 2.13. The van der Waals surface area contributed by atoms with Crippen LogP contribution >= 0.6 is 0 Å². The van der Waals surface area contributed by atoms with E-state index in [9.17, 15) is 0 Å². The van der Waals surface area contributed by atoms with Crippen LogP contribution < -0.4 is 5.32 Å². The van der Waals surface area contributed by atoms with Crippen LogP contribution in [0.4, 0.5) is 0 Å². The zero-order valence-corrected chi connectivity index (χ0v) is 12.8. The van der Waals surface area contributed by atoms with Crippen molar-refractivity contribution >= 4 is 0 Å². The number of hydrogen-bond donors (Lipinski definition) is 1. The molecule has 1 N–H and O–H groups in total. The molecule has 0 saturated heterocycles. The topological polar surface area (TPSA) is 15.3 Å². The maximum absolute atomic E-state index is 3.59. The first-order valence-electron chi connectivity index (χ1n) is 7.54. The molecule has 1 unspecified atom stereocenters. The largest absolute Gasteiger partial charge is 0.316 e. The van der Waals surface area contributed by atoms with Crippen LogP contribution in [0.2, 0.25) is 0 Å². The van der Waals surface area contributed by atoms with Gasteiger partial charge in [0.1, 0.15) is 0 Å². The molecular formula is C15H34N2. The van der Waals surface area contributed by atoms with Crippen molar-refractivity contribution in [2.75, 3.05) is 32.7 Å². The minimum Gasteiger partial charge on any atom is -0.316 e. The number of nitrogens with zero attached hydrogens (tertiary/aromatic N) is 1. The molecule has 0 heterocycles. The fraction of sp³-hybridized carbons (Fsp3) is 1.00.